The number of nitrogens with zero attached hydrogens (tertiary/aromatic N) is 2. The van der Waals surface area contributed by atoms with E-state index >= 15 is 0 Å². The molecule has 1 aromatic carbocycles. The second kappa shape index (κ2) is 5.19. The van der Waals surface area contributed by atoms with Gasteiger partial charge in [0.15, 0.2) is 0 Å². The molecule has 0 amide bonds. The van der Waals surface area contributed by atoms with Gasteiger partial charge in [-0.3, -0.25) is 4.98 Å². The van der Waals surface area contributed by atoms with Gasteiger partial charge < -0.3 is 10.6 Å². The number of aryl methyl sites for hydroxylation is 2. The molecule has 3 heteroatoms. The van der Waals surface area contributed by atoms with Gasteiger partial charge in [-0.25, -0.2) is 0 Å². The Balaban J connectivity index is 2.44. The predicted molar refractivity (Wildman–Crippen MR) is 76.1 cm³/mol. The number of hydrogen-bond donors (Lipinski definition) is 1. The van der Waals surface area contributed by atoms with Gasteiger partial charge in [-0.05, 0) is 37.1 Å². The van der Waals surface area contributed by atoms with Gasteiger partial charge in [-0.15, -0.1) is 0 Å². The summed E-state index contributed by atoms with van der Waals surface area (Å²) in [4.78, 5) is 6.33. The number of hydrogen-bond acceptors (Lipinski definition) is 3. The molecule has 0 bridgehead atoms. The molecule has 2 aromatic rings. The molecule has 0 aliphatic rings. The molecule has 0 aliphatic heterocycles. The van der Waals surface area contributed by atoms with Crippen molar-refractivity contribution in [3.05, 3.63) is 53.3 Å². The highest BCUT2D eigenvalue weighted by atomic mass is 15.1. The first-order chi connectivity index (χ1) is 8.63. The summed E-state index contributed by atoms with van der Waals surface area (Å²) >= 11 is 0. The summed E-state index contributed by atoms with van der Waals surface area (Å²) in [5.74, 6) is 0. The second-order valence-corrected chi connectivity index (χ2v) is 4.56. The van der Waals surface area contributed by atoms with E-state index in [2.05, 4.69) is 41.9 Å². The van der Waals surface area contributed by atoms with Gasteiger partial charge in [0.2, 0.25) is 0 Å². The molecule has 3 nitrogen and oxygen atoms in total. The van der Waals surface area contributed by atoms with Crippen LogP contribution in [0, 0.1) is 13.8 Å². The maximum atomic E-state index is 5.77. The van der Waals surface area contributed by atoms with E-state index in [1.165, 1.54) is 16.8 Å². The fourth-order valence-corrected chi connectivity index (χ4v) is 2.20. The molecular weight excluding hydrogens is 222 g/mol. The number of aromatic nitrogens is 1. The van der Waals surface area contributed by atoms with E-state index in [4.69, 9.17) is 5.73 Å². The third-order valence-electron chi connectivity index (χ3n) is 3.18. The van der Waals surface area contributed by atoms with Crippen molar-refractivity contribution in [3.8, 4) is 0 Å². The normalized spacial score (nSPS) is 10.4. The summed E-state index contributed by atoms with van der Waals surface area (Å²) < 4.78 is 0. The summed E-state index contributed by atoms with van der Waals surface area (Å²) in [6, 6.07) is 8.41. The Morgan fingerprint density at radius 3 is 2.61 bits per heavy atom. The Morgan fingerprint density at radius 1 is 1.17 bits per heavy atom. The molecule has 0 unspecified atom stereocenters. The molecular formula is C15H19N3. The molecule has 2 rings (SSSR count). The van der Waals surface area contributed by atoms with Gasteiger partial charge in [0.1, 0.15) is 0 Å². The van der Waals surface area contributed by atoms with Crippen molar-refractivity contribution < 1.29 is 0 Å². The van der Waals surface area contributed by atoms with Gasteiger partial charge in [0.05, 0.1) is 11.9 Å². The summed E-state index contributed by atoms with van der Waals surface area (Å²) in [5, 5.41) is 0. The van der Waals surface area contributed by atoms with Crippen molar-refractivity contribution in [2.75, 3.05) is 11.9 Å². The Hall–Kier alpha value is -1.87. The third kappa shape index (κ3) is 2.36. The highest BCUT2D eigenvalue weighted by Gasteiger charge is 2.10. The maximum Gasteiger partial charge on any atom is 0.0640 e. The van der Waals surface area contributed by atoms with Crippen LogP contribution in [0.5, 0.6) is 0 Å². The van der Waals surface area contributed by atoms with E-state index in [9.17, 15) is 0 Å². The molecule has 0 saturated heterocycles. The fraction of sp³-hybridized carbons (Fsp3) is 0.267. The Kier molecular flexibility index (Phi) is 3.63. The summed E-state index contributed by atoms with van der Waals surface area (Å²) in [6.07, 6.45) is 3.64. The molecule has 0 radical (unpaired) electrons. The molecule has 0 aliphatic carbocycles. The van der Waals surface area contributed by atoms with Crippen molar-refractivity contribution in [2.45, 2.75) is 20.4 Å². The van der Waals surface area contributed by atoms with E-state index in [0.717, 1.165) is 11.3 Å². The molecule has 1 aromatic heterocycles. The minimum absolute atomic E-state index is 0.521. The SMILES string of the molecule is Cc1ccc(N(C)c2cnccc2CN)c(C)c1. The summed E-state index contributed by atoms with van der Waals surface area (Å²) in [6.45, 7) is 4.75. The van der Waals surface area contributed by atoms with Gasteiger partial charge in [0.25, 0.3) is 0 Å². The quantitative estimate of drug-likeness (QED) is 0.898. The van der Waals surface area contributed by atoms with E-state index in [0.29, 0.717) is 6.54 Å². The monoisotopic (exact) mass is 241 g/mol. The van der Waals surface area contributed by atoms with Gasteiger partial charge in [0, 0.05) is 25.5 Å². The topological polar surface area (TPSA) is 42.2 Å². The van der Waals surface area contributed by atoms with Crippen LogP contribution in [-0.2, 0) is 6.54 Å². The van der Waals surface area contributed by atoms with Crippen molar-refractivity contribution in [3.63, 3.8) is 0 Å². The van der Waals surface area contributed by atoms with Crippen LogP contribution in [0.4, 0.5) is 11.4 Å². The average Bonchev–Trinajstić information content (AvgIpc) is 2.38. The smallest absolute Gasteiger partial charge is 0.0640 e. The van der Waals surface area contributed by atoms with Gasteiger partial charge in [-0.2, -0.15) is 0 Å². The maximum absolute atomic E-state index is 5.77. The van der Waals surface area contributed by atoms with E-state index in [1.807, 2.05) is 19.3 Å². The molecule has 0 saturated carbocycles. The molecule has 2 N–H and O–H groups in total. The van der Waals surface area contributed by atoms with Gasteiger partial charge >= 0.3 is 0 Å². The number of anilines is 2. The van der Waals surface area contributed by atoms with Crippen molar-refractivity contribution in [1.82, 2.24) is 4.98 Å². The highest BCUT2D eigenvalue weighted by Crippen LogP contribution is 2.29. The fourth-order valence-electron chi connectivity index (χ4n) is 2.20. The van der Waals surface area contributed by atoms with Crippen molar-refractivity contribution in [2.24, 2.45) is 5.73 Å². The summed E-state index contributed by atoms with van der Waals surface area (Å²) in [7, 11) is 2.05. The van der Waals surface area contributed by atoms with Crippen molar-refractivity contribution >= 4 is 11.4 Å². The number of nitrogens with two attached hydrogens (primary N) is 1. The molecule has 1 heterocycles. The first-order valence-electron chi connectivity index (χ1n) is 6.07. The lowest BCUT2D eigenvalue weighted by Crippen LogP contribution is -2.14. The Bertz CT molecular complexity index is 549. The zero-order chi connectivity index (χ0) is 13.1. The summed E-state index contributed by atoms with van der Waals surface area (Å²) in [5.41, 5.74) is 11.7. The van der Waals surface area contributed by atoms with Crippen molar-refractivity contribution in [1.29, 1.82) is 0 Å². The van der Waals surface area contributed by atoms with E-state index < -0.39 is 0 Å². The molecule has 94 valence electrons. The van der Waals surface area contributed by atoms with Crippen LogP contribution in [0.2, 0.25) is 0 Å². The lowest BCUT2D eigenvalue weighted by atomic mass is 10.1. The first-order valence-corrected chi connectivity index (χ1v) is 6.07. The first kappa shape index (κ1) is 12.6. The zero-order valence-corrected chi connectivity index (χ0v) is 11.1. The minimum Gasteiger partial charge on any atom is -0.343 e. The van der Waals surface area contributed by atoms with Crippen LogP contribution in [0.15, 0.2) is 36.7 Å². The largest absolute Gasteiger partial charge is 0.343 e. The van der Waals surface area contributed by atoms with Crippen LogP contribution < -0.4 is 10.6 Å². The second-order valence-electron chi connectivity index (χ2n) is 4.56. The van der Waals surface area contributed by atoms with Crippen LogP contribution in [0.25, 0.3) is 0 Å². The predicted octanol–water partition coefficient (Wildman–Crippen LogP) is 2.93. The number of benzene rings is 1. The average molecular weight is 241 g/mol. The number of rotatable bonds is 3. The lowest BCUT2D eigenvalue weighted by molar-refractivity contribution is 1.03. The Morgan fingerprint density at radius 2 is 1.94 bits per heavy atom. The van der Waals surface area contributed by atoms with Crippen LogP contribution in [-0.4, -0.2) is 12.0 Å². The van der Waals surface area contributed by atoms with Crippen LogP contribution in [0.3, 0.4) is 0 Å². The van der Waals surface area contributed by atoms with E-state index in [1.54, 1.807) is 6.20 Å². The molecule has 18 heavy (non-hydrogen) atoms. The standard InChI is InChI=1S/C15H19N3/c1-11-4-5-14(12(2)8-11)18(3)15-10-17-7-6-13(15)9-16/h4-8,10H,9,16H2,1-3H3. The molecule has 0 atom stereocenters. The van der Waals surface area contributed by atoms with Crippen LogP contribution in [0.1, 0.15) is 16.7 Å². The number of pyridine rings is 1. The third-order valence-corrected chi connectivity index (χ3v) is 3.18. The zero-order valence-electron chi connectivity index (χ0n) is 11.1. The Labute approximate surface area is 108 Å². The molecule has 0 fully saturated rings. The minimum atomic E-state index is 0.521. The van der Waals surface area contributed by atoms with Gasteiger partial charge in [-0.1, -0.05) is 17.7 Å². The lowest BCUT2D eigenvalue weighted by Gasteiger charge is -2.23. The molecule has 0 spiro atoms. The highest BCUT2D eigenvalue weighted by molar-refractivity contribution is 5.67. The van der Waals surface area contributed by atoms with E-state index in [-0.39, 0.29) is 0 Å². The van der Waals surface area contributed by atoms with Crippen LogP contribution >= 0.6 is 0 Å².